The first kappa shape index (κ1) is 24.9. The summed E-state index contributed by atoms with van der Waals surface area (Å²) >= 11 is 0. The second kappa shape index (κ2) is 13.9. The summed E-state index contributed by atoms with van der Waals surface area (Å²) in [6.07, 6.45) is 6.60. The van der Waals surface area contributed by atoms with Crippen LogP contribution in [0.2, 0.25) is 0 Å². The van der Waals surface area contributed by atoms with Crippen LogP contribution in [0, 0.1) is 0 Å². The number of rotatable bonds is 12. The number of anilines is 1. The molecule has 3 N–H and O–H groups in total. The van der Waals surface area contributed by atoms with Crippen LogP contribution in [0.3, 0.4) is 0 Å². The van der Waals surface area contributed by atoms with Crippen LogP contribution in [0.4, 0.5) is 5.69 Å². The number of hydrogen-bond donors (Lipinski definition) is 3. The molecule has 0 heterocycles. The van der Waals surface area contributed by atoms with Crippen LogP contribution in [0.5, 0.6) is 5.75 Å². The van der Waals surface area contributed by atoms with E-state index in [0.29, 0.717) is 12.3 Å². The summed E-state index contributed by atoms with van der Waals surface area (Å²) in [6, 6.07) is 14.0. The van der Waals surface area contributed by atoms with Gasteiger partial charge in [0.2, 0.25) is 0 Å². The summed E-state index contributed by atoms with van der Waals surface area (Å²) in [6.45, 7) is 2.89. The average molecular weight is 440 g/mol. The Labute approximate surface area is 189 Å². The van der Waals surface area contributed by atoms with Gasteiger partial charge in [0.1, 0.15) is 5.75 Å². The van der Waals surface area contributed by atoms with Gasteiger partial charge in [0, 0.05) is 18.7 Å². The largest absolute Gasteiger partial charge is 0.496 e. The molecule has 7 nitrogen and oxygen atoms in total. The van der Waals surface area contributed by atoms with E-state index >= 15 is 0 Å². The fraction of sp³-hybridized carbons (Fsp3) is 0.400. The normalized spacial score (nSPS) is 10.3. The summed E-state index contributed by atoms with van der Waals surface area (Å²) in [7, 11) is 1.57. The number of amides is 3. The number of nitrogens with one attached hydrogen (secondary N) is 3. The van der Waals surface area contributed by atoms with Gasteiger partial charge < -0.3 is 20.7 Å². The molecule has 0 aliphatic heterocycles. The lowest BCUT2D eigenvalue weighted by Crippen LogP contribution is -2.36. The zero-order valence-electron chi connectivity index (χ0n) is 18.9. The molecule has 0 fully saturated rings. The molecule has 0 radical (unpaired) electrons. The first-order chi connectivity index (χ1) is 15.6. The lowest BCUT2D eigenvalue weighted by molar-refractivity contribution is -0.136. The number of benzene rings is 2. The maximum atomic E-state index is 12.7. The summed E-state index contributed by atoms with van der Waals surface area (Å²) in [5.41, 5.74) is 1.39. The van der Waals surface area contributed by atoms with Crippen LogP contribution in [0.15, 0.2) is 48.5 Å². The van der Waals surface area contributed by atoms with Gasteiger partial charge in [-0.05, 0) is 24.6 Å². The molecule has 0 unspecified atom stereocenters. The predicted molar refractivity (Wildman–Crippen MR) is 126 cm³/mol. The Bertz CT molecular complexity index is 898. The highest BCUT2D eigenvalue weighted by atomic mass is 16.5. The Kier molecular flexibility index (Phi) is 10.8. The SMILES string of the molecule is CCCCCCCCNC(=O)C(=O)Nc1ccccc1C(=O)NCc1ccccc1OC. The number of unbranched alkanes of at least 4 members (excludes halogenated alkanes) is 5. The molecule has 172 valence electrons. The molecule has 2 aromatic rings. The Hall–Kier alpha value is -3.35. The van der Waals surface area contributed by atoms with E-state index in [0.717, 1.165) is 24.8 Å². The maximum Gasteiger partial charge on any atom is 0.313 e. The fourth-order valence-electron chi connectivity index (χ4n) is 3.28. The Morgan fingerprint density at radius 3 is 2.28 bits per heavy atom. The molecule has 3 amide bonds. The van der Waals surface area contributed by atoms with Gasteiger partial charge in [-0.1, -0.05) is 69.4 Å². The highest BCUT2D eigenvalue weighted by Gasteiger charge is 2.17. The average Bonchev–Trinajstić information content (AvgIpc) is 2.82. The maximum absolute atomic E-state index is 12.7. The van der Waals surface area contributed by atoms with E-state index in [2.05, 4.69) is 22.9 Å². The molecule has 0 aliphatic rings. The van der Waals surface area contributed by atoms with E-state index in [4.69, 9.17) is 4.74 Å². The predicted octanol–water partition coefficient (Wildman–Crippen LogP) is 4.04. The van der Waals surface area contributed by atoms with Gasteiger partial charge in [0.05, 0.1) is 18.4 Å². The van der Waals surface area contributed by atoms with Gasteiger partial charge in [-0.15, -0.1) is 0 Å². The topological polar surface area (TPSA) is 96.5 Å². The van der Waals surface area contributed by atoms with E-state index in [-0.39, 0.29) is 23.7 Å². The summed E-state index contributed by atoms with van der Waals surface area (Å²) < 4.78 is 5.30. The smallest absolute Gasteiger partial charge is 0.313 e. The zero-order chi connectivity index (χ0) is 23.2. The highest BCUT2D eigenvalue weighted by molar-refractivity contribution is 6.40. The molecule has 0 spiro atoms. The van der Waals surface area contributed by atoms with Crippen molar-refractivity contribution in [1.82, 2.24) is 10.6 Å². The highest BCUT2D eigenvalue weighted by Crippen LogP contribution is 2.18. The van der Waals surface area contributed by atoms with E-state index in [9.17, 15) is 14.4 Å². The lowest BCUT2D eigenvalue weighted by Gasteiger charge is -2.13. The van der Waals surface area contributed by atoms with Crippen LogP contribution < -0.4 is 20.7 Å². The van der Waals surface area contributed by atoms with E-state index in [1.54, 1.807) is 31.4 Å². The van der Waals surface area contributed by atoms with Crippen molar-refractivity contribution in [1.29, 1.82) is 0 Å². The third-order valence-corrected chi connectivity index (χ3v) is 5.07. The third-order valence-electron chi connectivity index (χ3n) is 5.07. The van der Waals surface area contributed by atoms with Crippen molar-refractivity contribution < 1.29 is 19.1 Å². The number of methoxy groups -OCH3 is 1. The zero-order valence-corrected chi connectivity index (χ0v) is 18.9. The molecule has 0 saturated heterocycles. The summed E-state index contributed by atoms with van der Waals surface area (Å²) in [5.74, 6) is -1.18. The number of carbonyl (C=O) groups is 3. The summed E-state index contributed by atoms with van der Waals surface area (Å²) in [4.78, 5) is 37.1. The Morgan fingerprint density at radius 2 is 1.50 bits per heavy atom. The first-order valence-corrected chi connectivity index (χ1v) is 11.1. The van der Waals surface area contributed by atoms with Crippen molar-refractivity contribution in [3.63, 3.8) is 0 Å². The minimum Gasteiger partial charge on any atom is -0.496 e. The quantitative estimate of drug-likeness (QED) is 0.343. The number of ether oxygens (including phenoxy) is 1. The summed E-state index contributed by atoms with van der Waals surface area (Å²) in [5, 5.41) is 8.01. The lowest BCUT2D eigenvalue weighted by atomic mass is 10.1. The third kappa shape index (κ3) is 8.06. The van der Waals surface area contributed by atoms with E-state index in [1.165, 1.54) is 19.3 Å². The van der Waals surface area contributed by atoms with Crippen molar-refractivity contribution in [3.05, 3.63) is 59.7 Å². The molecule has 0 saturated carbocycles. The van der Waals surface area contributed by atoms with Gasteiger partial charge in [-0.3, -0.25) is 14.4 Å². The molecule has 0 atom stereocenters. The second-order valence-corrected chi connectivity index (χ2v) is 7.52. The molecule has 7 heteroatoms. The van der Waals surface area contributed by atoms with Crippen LogP contribution >= 0.6 is 0 Å². The Morgan fingerprint density at radius 1 is 0.812 bits per heavy atom. The minimum absolute atomic E-state index is 0.268. The van der Waals surface area contributed by atoms with Crippen LogP contribution in [0.25, 0.3) is 0 Å². The van der Waals surface area contributed by atoms with Crippen molar-refractivity contribution >= 4 is 23.4 Å². The van der Waals surface area contributed by atoms with Crippen molar-refractivity contribution in [2.24, 2.45) is 0 Å². The molecule has 0 aromatic heterocycles. The van der Waals surface area contributed by atoms with Gasteiger partial charge >= 0.3 is 11.8 Å². The van der Waals surface area contributed by atoms with E-state index < -0.39 is 11.8 Å². The van der Waals surface area contributed by atoms with Crippen molar-refractivity contribution in [2.75, 3.05) is 19.0 Å². The molecule has 32 heavy (non-hydrogen) atoms. The van der Waals surface area contributed by atoms with Gasteiger partial charge in [0.25, 0.3) is 5.91 Å². The Balaban J connectivity index is 1.87. The minimum atomic E-state index is -0.791. The van der Waals surface area contributed by atoms with Crippen LogP contribution in [-0.2, 0) is 16.1 Å². The van der Waals surface area contributed by atoms with Crippen LogP contribution in [-0.4, -0.2) is 31.4 Å². The molecule has 0 bridgehead atoms. The fourth-order valence-corrected chi connectivity index (χ4v) is 3.28. The molecule has 2 rings (SSSR count). The molecular formula is C25H33N3O4. The number of hydrogen-bond acceptors (Lipinski definition) is 4. The number of para-hydroxylation sites is 2. The number of carbonyl (C=O) groups excluding carboxylic acids is 3. The second-order valence-electron chi connectivity index (χ2n) is 7.52. The molecule has 2 aromatic carbocycles. The van der Waals surface area contributed by atoms with Crippen LogP contribution in [0.1, 0.15) is 61.4 Å². The van der Waals surface area contributed by atoms with E-state index in [1.807, 2.05) is 24.3 Å². The standard InChI is InChI=1S/C25H33N3O4/c1-3-4-5-6-7-12-17-26-24(30)25(31)28-21-15-10-9-14-20(21)23(29)27-18-19-13-8-11-16-22(19)32-2/h8-11,13-16H,3-7,12,17-18H2,1-2H3,(H,26,30)(H,27,29)(H,28,31). The van der Waals surface area contributed by atoms with Crippen molar-refractivity contribution in [2.45, 2.75) is 52.0 Å². The van der Waals surface area contributed by atoms with Gasteiger partial charge in [-0.25, -0.2) is 0 Å². The van der Waals surface area contributed by atoms with Crippen molar-refractivity contribution in [3.8, 4) is 5.75 Å². The molecular weight excluding hydrogens is 406 g/mol. The molecule has 0 aliphatic carbocycles. The monoisotopic (exact) mass is 439 g/mol. The first-order valence-electron chi connectivity index (χ1n) is 11.1. The van der Waals surface area contributed by atoms with Gasteiger partial charge in [-0.2, -0.15) is 0 Å². The van der Waals surface area contributed by atoms with Gasteiger partial charge in [0.15, 0.2) is 0 Å².